The number of nitrogens with zero attached hydrogens (tertiary/aromatic N) is 2. The Balaban J connectivity index is 1.70. The first-order valence-electron chi connectivity index (χ1n) is 8.07. The molecule has 1 amide bonds. The van der Waals surface area contributed by atoms with Gasteiger partial charge in [-0.25, -0.2) is 0 Å². The van der Waals surface area contributed by atoms with Crippen molar-refractivity contribution < 1.29 is 9.21 Å². The molecule has 1 atom stereocenters. The number of amides is 1. The Bertz CT molecular complexity index is 887. The molecule has 0 aliphatic heterocycles. The third-order valence-electron chi connectivity index (χ3n) is 4.41. The zero-order chi connectivity index (χ0) is 16.7. The molecular formula is C19H17BrN2O2. The van der Waals surface area contributed by atoms with Crippen molar-refractivity contribution in [1.82, 2.24) is 9.88 Å². The van der Waals surface area contributed by atoms with Gasteiger partial charge >= 0.3 is 0 Å². The van der Waals surface area contributed by atoms with E-state index >= 15 is 0 Å². The van der Waals surface area contributed by atoms with Gasteiger partial charge in [0.25, 0.3) is 5.91 Å². The van der Waals surface area contributed by atoms with Gasteiger partial charge in [-0.3, -0.25) is 9.78 Å². The van der Waals surface area contributed by atoms with Crippen LogP contribution in [0.4, 0.5) is 0 Å². The van der Waals surface area contributed by atoms with Gasteiger partial charge in [0.15, 0.2) is 5.76 Å². The molecule has 24 heavy (non-hydrogen) atoms. The van der Waals surface area contributed by atoms with Crippen molar-refractivity contribution in [3.05, 3.63) is 64.6 Å². The van der Waals surface area contributed by atoms with Crippen molar-refractivity contribution >= 4 is 32.8 Å². The Labute approximate surface area is 148 Å². The van der Waals surface area contributed by atoms with E-state index < -0.39 is 0 Å². The lowest BCUT2D eigenvalue weighted by molar-refractivity contribution is 0.0639. The highest BCUT2D eigenvalue weighted by atomic mass is 79.9. The molecule has 0 radical (unpaired) electrons. The van der Waals surface area contributed by atoms with Crippen molar-refractivity contribution in [2.24, 2.45) is 0 Å². The Morgan fingerprint density at radius 2 is 2.12 bits per heavy atom. The topological polar surface area (TPSA) is 46.3 Å². The minimum Gasteiger partial charge on any atom is -0.450 e. The van der Waals surface area contributed by atoms with Crippen molar-refractivity contribution in [1.29, 1.82) is 0 Å². The Morgan fingerprint density at radius 3 is 2.79 bits per heavy atom. The zero-order valence-electron chi connectivity index (χ0n) is 13.3. The summed E-state index contributed by atoms with van der Waals surface area (Å²) < 4.78 is 6.70. The van der Waals surface area contributed by atoms with Crippen LogP contribution < -0.4 is 0 Å². The fraction of sp³-hybridized carbons (Fsp3) is 0.263. The standard InChI is InChI=1S/C19H17BrN2O2/c1-12(16-7-2-3-10-21-16)22(14-8-9-14)19(23)17-11-13-5-4-6-15(20)18(13)24-17/h2-7,10-12,14H,8-9H2,1H3. The number of furan rings is 1. The monoisotopic (exact) mass is 384 g/mol. The molecule has 2 aromatic heterocycles. The minimum atomic E-state index is -0.0807. The smallest absolute Gasteiger partial charge is 0.290 e. The van der Waals surface area contributed by atoms with Gasteiger partial charge in [-0.05, 0) is 60.0 Å². The van der Waals surface area contributed by atoms with E-state index in [0.717, 1.165) is 28.4 Å². The molecule has 5 heteroatoms. The van der Waals surface area contributed by atoms with E-state index in [4.69, 9.17) is 4.42 Å². The number of para-hydroxylation sites is 1. The molecule has 1 aliphatic carbocycles. The van der Waals surface area contributed by atoms with E-state index in [-0.39, 0.29) is 18.0 Å². The van der Waals surface area contributed by atoms with Crippen LogP contribution in [0.15, 0.2) is 57.6 Å². The lowest BCUT2D eigenvalue weighted by atomic mass is 10.1. The maximum Gasteiger partial charge on any atom is 0.290 e. The lowest BCUT2D eigenvalue weighted by Crippen LogP contribution is -2.35. The summed E-state index contributed by atoms with van der Waals surface area (Å²) in [6, 6.07) is 13.6. The Kier molecular flexibility index (Phi) is 3.88. The van der Waals surface area contributed by atoms with Crippen LogP contribution in [0.25, 0.3) is 11.0 Å². The zero-order valence-corrected chi connectivity index (χ0v) is 14.9. The number of carbonyl (C=O) groups excluding carboxylic acids is 1. The number of hydrogen-bond donors (Lipinski definition) is 0. The van der Waals surface area contributed by atoms with Gasteiger partial charge in [0.1, 0.15) is 5.58 Å². The molecule has 0 bridgehead atoms. The van der Waals surface area contributed by atoms with Crippen LogP contribution in [0.2, 0.25) is 0 Å². The first kappa shape index (κ1) is 15.4. The third kappa shape index (κ3) is 2.73. The second-order valence-electron chi connectivity index (χ2n) is 6.14. The van der Waals surface area contributed by atoms with Crippen LogP contribution in [0.5, 0.6) is 0 Å². The van der Waals surface area contributed by atoms with Crippen molar-refractivity contribution in [3.63, 3.8) is 0 Å². The molecular weight excluding hydrogens is 368 g/mol. The summed E-state index contributed by atoms with van der Waals surface area (Å²) in [5.74, 6) is 0.310. The highest BCUT2D eigenvalue weighted by Gasteiger charge is 2.38. The molecule has 1 unspecified atom stereocenters. The van der Waals surface area contributed by atoms with E-state index in [1.165, 1.54) is 0 Å². The van der Waals surface area contributed by atoms with Crippen LogP contribution in [0.3, 0.4) is 0 Å². The summed E-state index contributed by atoms with van der Waals surface area (Å²) in [7, 11) is 0. The summed E-state index contributed by atoms with van der Waals surface area (Å²) in [4.78, 5) is 19.4. The summed E-state index contributed by atoms with van der Waals surface area (Å²) >= 11 is 3.47. The van der Waals surface area contributed by atoms with Crippen LogP contribution in [0.1, 0.15) is 42.1 Å². The molecule has 1 aliphatic rings. The molecule has 4 rings (SSSR count). The van der Waals surface area contributed by atoms with E-state index in [1.54, 1.807) is 6.20 Å². The minimum absolute atomic E-state index is 0.0706. The van der Waals surface area contributed by atoms with Crippen molar-refractivity contribution in [2.45, 2.75) is 31.8 Å². The molecule has 0 spiro atoms. The molecule has 4 nitrogen and oxygen atoms in total. The number of pyridine rings is 1. The number of rotatable bonds is 4. The fourth-order valence-corrected chi connectivity index (χ4v) is 3.50. The highest BCUT2D eigenvalue weighted by molar-refractivity contribution is 9.10. The molecule has 0 saturated heterocycles. The maximum atomic E-state index is 13.1. The average Bonchev–Trinajstić information content (AvgIpc) is 3.33. The van der Waals surface area contributed by atoms with E-state index in [1.807, 2.05) is 54.3 Å². The van der Waals surface area contributed by atoms with Crippen LogP contribution in [0, 0.1) is 0 Å². The highest BCUT2D eigenvalue weighted by Crippen LogP contribution is 2.36. The van der Waals surface area contributed by atoms with Crippen molar-refractivity contribution in [3.8, 4) is 0 Å². The first-order chi connectivity index (χ1) is 11.6. The van der Waals surface area contributed by atoms with Gasteiger partial charge in [-0.15, -0.1) is 0 Å². The number of aromatic nitrogens is 1. The van der Waals surface area contributed by atoms with Crippen LogP contribution in [-0.2, 0) is 0 Å². The van der Waals surface area contributed by atoms with E-state index in [2.05, 4.69) is 20.9 Å². The quantitative estimate of drug-likeness (QED) is 0.638. The predicted molar refractivity (Wildman–Crippen MR) is 95.8 cm³/mol. The number of halogens is 1. The second kappa shape index (κ2) is 6.06. The molecule has 0 N–H and O–H groups in total. The van der Waals surface area contributed by atoms with Gasteiger partial charge in [0.2, 0.25) is 0 Å². The lowest BCUT2D eigenvalue weighted by Gasteiger charge is -2.28. The van der Waals surface area contributed by atoms with Crippen LogP contribution in [-0.4, -0.2) is 21.8 Å². The van der Waals surface area contributed by atoms with E-state index in [9.17, 15) is 4.79 Å². The molecule has 1 aromatic carbocycles. The Hall–Kier alpha value is -2.14. The molecule has 1 fully saturated rings. The largest absolute Gasteiger partial charge is 0.450 e. The van der Waals surface area contributed by atoms with Gasteiger partial charge in [0.05, 0.1) is 16.2 Å². The normalized spacial score (nSPS) is 15.4. The summed E-state index contributed by atoms with van der Waals surface area (Å²) in [6.45, 7) is 2.02. The van der Waals surface area contributed by atoms with Gasteiger partial charge in [0, 0.05) is 17.6 Å². The van der Waals surface area contributed by atoms with Gasteiger partial charge in [-0.1, -0.05) is 18.2 Å². The number of fused-ring (bicyclic) bond motifs is 1. The number of carbonyl (C=O) groups is 1. The summed E-state index contributed by atoms with van der Waals surface area (Å²) in [6.07, 6.45) is 3.83. The summed E-state index contributed by atoms with van der Waals surface area (Å²) in [5, 5.41) is 0.925. The molecule has 3 aromatic rings. The number of hydrogen-bond acceptors (Lipinski definition) is 3. The summed E-state index contributed by atoms with van der Waals surface area (Å²) in [5.41, 5.74) is 1.61. The predicted octanol–water partition coefficient (Wildman–Crippen LogP) is 4.96. The van der Waals surface area contributed by atoms with E-state index in [0.29, 0.717) is 11.3 Å². The van der Waals surface area contributed by atoms with Crippen LogP contribution >= 0.6 is 15.9 Å². The van der Waals surface area contributed by atoms with Gasteiger partial charge < -0.3 is 9.32 Å². The second-order valence-corrected chi connectivity index (χ2v) is 7.00. The average molecular weight is 385 g/mol. The SMILES string of the molecule is CC(c1ccccn1)N(C(=O)c1cc2cccc(Br)c2o1)C1CC1. The number of benzene rings is 1. The molecule has 2 heterocycles. The molecule has 1 saturated carbocycles. The Morgan fingerprint density at radius 1 is 1.29 bits per heavy atom. The fourth-order valence-electron chi connectivity index (χ4n) is 3.04. The van der Waals surface area contributed by atoms with Crippen molar-refractivity contribution in [2.75, 3.05) is 0 Å². The van der Waals surface area contributed by atoms with Gasteiger partial charge in [-0.2, -0.15) is 0 Å². The first-order valence-corrected chi connectivity index (χ1v) is 8.86. The maximum absolute atomic E-state index is 13.1. The third-order valence-corrected chi connectivity index (χ3v) is 5.04. The molecule has 122 valence electrons.